The zero-order chi connectivity index (χ0) is 19.8. The van der Waals surface area contributed by atoms with Gasteiger partial charge in [-0.05, 0) is 42.7 Å². The van der Waals surface area contributed by atoms with Gasteiger partial charge in [0.1, 0.15) is 6.04 Å². The molecular formula is C21H24N2O4. The van der Waals surface area contributed by atoms with Gasteiger partial charge < -0.3 is 15.4 Å². The summed E-state index contributed by atoms with van der Waals surface area (Å²) in [5, 5.41) is 5.19. The summed E-state index contributed by atoms with van der Waals surface area (Å²) in [6, 6.07) is 13.6. The fraction of sp³-hybridized carbons (Fsp3) is 0.286. The van der Waals surface area contributed by atoms with Crippen LogP contribution in [0, 0.1) is 13.8 Å². The number of aryl methyl sites for hydroxylation is 2. The Bertz CT molecular complexity index is 798. The van der Waals surface area contributed by atoms with E-state index in [1.807, 2.05) is 32.0 Å². The smallest absolute Gasteiger partial charge is 0.328 e. The SMILES string of the molecule is COC(=O)[C@@H](Cc1c(C)cccc1C)NC(=O)CNC(=O)c1ccccc1. The predicted molar refractivity (Wildman–Crippen MR) is 102 cm³/mol. The van der Waals surface area contributed by atoms with E-state index < -0.39 is 17.9 Å². The maximum atomic E-state index is 12.2. The van der Waals surface area contributed by atoms with Gasteiger partial charge in [-0.2, -0.15) is 0 Å². The molecule has 27 heavy (non-hydrogen) atoms. The Morgan fingerprint density at radius 1 is 0.963 bits per heavy atom. The molecule has 6 nitrogen and oxygen atoms in total. The lowest BCUT2D eigenvalue weighted by molar-refractivity contribution is -0.144. The summed E-state index contributed by atoms with van der Waals surface area (Å²) in [6.45, 7) is 3.69. The summed E-state index contributed by atoms with van der Waals surface area (Å²) in [4.78, 5) is 36.4. The molecule has 2 amide bonds. The van der Waals surface area contributed by atoms with E-state index in [9.17, 15) is 14.4 Å². The van der Waals surface area contributed by atoms with Crippen LogP contribution in [-0.4, -0.2) is 37.5 Å². The first-order valence-corrected chi connectivity index (χ1v) is 8.68. The average molecular weight is 368 g/mol. The van der Waals surface area contributed by atoms with Crippen LogP contribution in [-0.2, 0) is 20.7 Å². The van der Waals surface area contributed by atoms with Gasteiger partial charge in [0.05, 0.1) is 13.7 Å². The lowest BCUT2D eigenvalue weighted by Crippen LogP contribution is -2.47. The fourth-order valence-corrected chi connectivity index (χ4v) is 2.81. The first-order valence-electron chi connectivity index (χ1n) is 8.68. The molecule has 0 saturated heterocycles. The minimum absolute atomic E-state index is 0.228. The van der Waals surface area contributed by atoms with Crippen LogP contribution in [0.25, 0.3) is 0 Å². The highest BCUT2D eigenvalue weighted by Gasteiger charge is 2.23. The molecule has 2 rings (SSSR count). The maximum Gasteiger partial charge on any atom is 0.328 e. The average Bonchev–Trinajstić information content (AvgIpc) is 2.68. The van der Waals surface area contributed by atoms with Gasteiger partial charge in [0.25, 0.3) is 5.91 Å². The van der Waals surface area contributed by atoms with Crippen LogP contribution in [0.2, 0.25) is 0 Å². The standard InChI is InChI=1S/C21H24N2O4/c1-14-8-7-9-15(2)17(14)12-18(21(26)27-3)23-19(24)13-22-20(25)16-10-5-4-6-11-16/h4-11,18H,12-13H2,1-3H3,(H,22,25)(H,23,24)/t18-/m1/s1. The van der Waals surface area contributed by atoms with Crippen LogP contribution < -0.4 is 10.6 Å². The van der Waals surface area contributed by atoms with Crippen molar-refractivity contribution in [2.45, 2.75) is 26.3 Å². The first-order chi connectivity index (χ1) is 12.9. The van der Waals surface area contributed by atoms with Gasteiger partial charge in [0, 0.05) is 12.0 Å². The van der Waals surface area contributed by atoms with Crippen LogP contribution in [0.4, 0.5) is 0 Å². The number of rotatable bonds is 7. The number of hydrogen-bond acceptors (Lipinski definition) is 4. The molecule has 0 aliphatic rings. The summed E-state index contributed by atoms with van der Waals surface area (Å²) >= 11 is 0. The quantitative estimate of drug-likeness (QED) is 0.732. The molecule has 0 aromatic heterocycles. The number of esters is 1. The van der Waals surface area contributed by atoms with Gasteiger partial charge in [-0.3, -0.25) is 9.59 Å². The van der Waals surface area contributed by atoms with E-state index in [1.165, 1.54) is 7.11 Å². The fourth-order valence-electron chi connectivity index (χ4n) is 2.81. The first kappa shape index (κ1) is 20.2. The number of amides is 2. The van der Waals surface area contributed by atoms with E-state index in [-0.39, 0.29) is 12.5 Å². The number of ether oxygens (including phenoxy) is 1. The third kappa shape index (κ3) is 5.67. The number of nitrogens with one attached hydrogen (secondary N) is 2. The van der Waals surface area contributed by atoms with Gasteiger partial charge in [-0.15, -0.1) is 0 Å². The molecule has 0 radical (unpaired) electrons. The molecule has 2 N–H and O–H groups in total. The van der Waals surface area contributed by atoms with E-state index in [0.29, 0.717) is 12.0 Å². The van der Waals surface area contributed by atoms with Crippen molar-refractivity contribution in [3.05, 3.63) is 70.8 Å². The highest BCUT2D eigenvalue weighted by molar-refractivity contribution is 5.96. The highest BCUT2D eigenvalue weighted by Crippen LogP contribution is 2.16. The van der Waals surface area contributed by atoms with E-state index in [2.05, 4.69) is 10.6 Å². The molecule has 2 aromatic carbocycles. The summed E-state index contributed by atoms with van der Waals surface area (Å²) in [7, 11) is 1.28. The molecular weight excluding hydrogens is 344 g/mol. The normalized spacial score (nSPS) is 11.4. The van der Waals surface area contributed by atoms with Crippen molar-refractivity contribution in [1.82, 2.24) is 10.6 Å². The lowest BCUT2D eigenvalue weighted by atomic mass is 9.96. The van der Waals surface area contributed by atoms with Crippen LogP contribution in [0.3, 0.4) is 0 Å². The van der Waals surface area contributed by atoms with E-state index in [0.717, 1.165) is 16.7 Å². The minimum atomic E-state index is -0.823. The Morgan fingerprint density at radius 2 is 1.59 bits per heavy atom. The van der Waals surface area contributed by atoms with Crippen LogP contribution in [0.1, 0.15) is 27.0 Å². The van der Waals surface area contributed by atoms with Crippen molar-refractivity contribution in [2.75, 3.05) is 13.7 Å². The third-order valence-corrected chi connectivity index (χ3v) is 4.32. The highest BCUT2D eigenvalue weighted by atomic mass is 16.5. The zero-order valence-electron chi connectivity index (χ0n) is 15.7. The Kier molecular flexibility index (Phi) is 7.11. The molecule has 0 unspecified atom stereocenters. The zero-order valence-corrected chi connectivity index (χ0v) is 15.7. The molecule has 6 heteroatoms. The van der Waals surface area contributed by atoms with Gasteiger partial charge in [-0.1, -0.05) is 36.4 Å². The van der Waals surface area contributed by atoms with E-state index >= 15 is 0 Å². The number of carbonyl (C=O) groups is 3. The molecule has 2 aromatic rings. The van der Waals surface area contributed by atoms with Gasteiger partial charge >= 0.3 is 5.97 Å². The largest absolute Gasteiger partial charge is 0.467 e. The molecule has 0 heterocycles. The molecule has 0 saturated carbocycles. The van der Waals surface area contributed by atoms with Gasteiger partial charge in [0.15, 0.2) is 0 Å². The monoisotopic (exact) mass is 368 g/mol. The predicted octanol–water partition coefficient (Wildman–Crippen LogP) is 1.93. The van der Waals surface area contributed by atoms with Crippen molar-refractivity contribution in [1.29, 1.82) is 0 Å². The van der Waals surface area contributed by atoms with Crippen LogP contribution in [0.15, 0.2) is 48.5 Å². The Morgan fingerprint density at radius 3 is 2.19 bits per heavy atom. The lowest BCUT2D eigenvalue weighted by Gasteiger charge is -2.19. The molecule has 1 atom stereocenters. The molecule has 0 fully saturated rings. The maximum absolute atomic E-state index is 12.2. The topological polar surface area (TPSA) is 84.5 Å². The Labute approximate surface area is 158 Å². The summed E-state index contributed by atoms with van der Waals surface area (Å²) in [6.07, 6.45) is 0.323. The molecule has 0 aliphatic heterocycles. The second-order valence-electron chi connectivity index (χ2n) is 6.27. The van der Waals surface area contributed by atoms with Crippen molar-refractivity contribution >= 4 is 17.8 Å². The summed E-state index contributed by atoms with van der Waals surface area (Å²) < 4.78 is 4.82. The molecule has 0 spiro atoms. The number of carbonyl (C=O) groups excluding carboxylic acids is 3. The molecule has 142 valence electrons. The minimum Gasteiger partial charge on any atom is -0.467 e. The summed E-state index contributed by atoms with van der Waals surface area (Å²) in [5.74, 6) is -1.34. The van der Waals surface area contributed by atoms with Crippen LogP contribution in [0.5, 0.6) is 0 Å². The summed E-state index contributed by atoms with van der Waals surface area (Å²) in [5.41, 5.74) is 3.53. The Hall–Kier alpha value is -3.15. The van der Waals surface area contributed by atoms with Crippen molar-refractivity contribution < 1.29 is 19.1 Å². The molecule has 0 bridgehead atoms. The van der Waals surface area contributed by atoms with Gasteiger partial charge in [0.2, 0.25) is 5.91 Å². The van der Waals surface area contributed by atoms with Crippen molar-refractivity contribution in [3.8, 4) is 0 Å². The second kappa shape index (κ2) is 9.52. The van der Waals surface area contributed by atoms with Crippen molar-refractivity contribution in [3.63, 3.8) is 0 Å². The van der Waals surface area contributed by atoms with E-state index in [4.69, 9.17) is 4.74 Å². The Balaban J connectivity index is 2.00. The molecule has 0 aliphatic carbocycles. The van der Waals surface area contributed by atoms with Crippen LogP contribution >= 0.6 is 0 Å². The number of benzene rings is 2. The van der Waals surface area contributed by atoms with Crippen molar-refractivity contribution in [2.24, 2.45) is 0 Å². The van der Waals surface area contributed by atoms with Gasteiger partial charge in [-0.25, -0.2) is 4.79 Å². The number of methoxy groups -OCH3 is 1. The number of hydrogen-bond donors (Lipinski definition) is 2. The van der Waals surface area contributed by atoms with E-state index in [1.54, 1.807) is 30.3 Å². The second-order valence-corrected chi connectivity index (χ2v) is 6.27. The third-order valence-electron chi connectivity index (χ3n) is 4.32.